The zero-order valence-corrected chi connectivity index (χ0v) is 12.4. The lowest BCUT2D eigenvalue weighted by molar-refractivity contribution is -0.109. The fourth-order valence-corrected chi connectivity index (χ4v) is 2.98. The van der Waals surface area contributed by atoms with Crippen molar-refractivity contribution in [3.63, 3.8) is 0 Å². The summed E-state index contributed by atoms with van der Waals surface area (Å²) in [5.41, 5.74) is 3.34. The molecule has 1 aromatic carbocycles. The van der Waals surface area contributed by atoms with Crippen molar-refractivity contribution in [2.24, 2.45) is 5.92 Å². The van der Waals surface area contributed by atoms with Crippen molar-refractivity contribution in [1.29, 1.82) is 0 Å². The number of benzene rings is 1. The van der Waals surface area contributed by atoms with Gasteiger partial charge in [0.05, 0.1) is 0 Å². The molecule has 0 aromatic heterocycles. The highest BCUT2D eigenvalue weighted by Gasteiger charge is 2.15. The summed E-state index contributed by atoms with van der Waals surface area (Å²) in [6.07, 6.45) is 11.3. The molecule has 0 saturated heterocycles. The zero-order valence-electron chi connectivity index (χ0n) is 12.4. The molecule has 1 nitrogen and oxygen atoms in total. The predicted octanol–water partition coefficient (Wildman–Crippen LogP) is 3.06. The summed E-state index contributed by atoms with van der Waals surface area (Å²) in [6.45, 7) is 6.15. The van der Waals surface area contributed by atoms with Crippen LogP contribution in [-0.2, 0) is 4.79 Å². The minimum absolute atomic E-state index is 0.108. The van der Waals surface area contributed by atoms with Crippen molar-refractivity contribution in [3.05, 3.63) is 70.2 Å². The van der Waals surface area contributed by atoms with Crippen molar-refractivity contribution < 1.29 is 4.79 Å². The second kappa shape index (κ2) is 5.69. The molecule has 0 unspecified atom stereocenters. The van der Waals surface area contributed by atoms with Gasteiger partial charge in [-0.05, 0) is 60.8 Å². The lowest BCUT2D eigenvalue weighted by Crippen LogP contribution is -2.29. The van der Waals surface area contributed by atoms with E-state index in [1.807, 2.05) is 24.3 Å². The summed E-state index contributed by atoms with van der Waals surface area (Å²) < 4.78 is 0. The molecule has 0 spiro atoms. The molecule has 106 valence electrons. The molecule has 0 fully saturated rings. The molecule has 0 N–H and O–H groups in total. The third-order valence-electron chi connectivity index (χ3n) is 4.36. The highest BCUT2D eigenvalue weighted by molar-refractivity contribution is 6.22. The highest BCUT2D eigenvalue weighted by Crippen LogP contribution is 2.29. The van der Waals surface area contributed by atoms with E-state index >= 15 is 0 Å². The number of carbonyl (C=O) groups excluding carboxylic acids is 1. The van der Waals surface area contributed by atoms with Gasteiger partial charge >= 0.3 is 0 Å². The van der Waals surface area contributed by atoms with Crippen molar-refractivity contribution >= 4 is 17.9 Å². The first-order valence-corrected chi connectivity index (χ1v) is 7.52. The molecule has 2 aliphatic rings. The Morgan fingerprint density at radius 1 is 1.24 bits per heavy atom. The maximum absolute atomic E-state index is 12.2. The molecule has 1 atom stereocenters. The van der Waals surface area contributed by atoms with Crippen molar-refractivity contribution in [3.8, 4) is 0 Å². The largest absolute Gasteiger partial charge is 0.289 e. The summed E-state index contributed by atoms with van der Waals surface area (Å²) in [4.78, 5) is 12.2. The van der Waals surface area contributed by atoms with Crippen LogP contribution in [0.25, 0.3) is 12.2 Å². The van der Waals surface area contributed by atoms with E-state index in [0.29, 0.717) is 5.92 Å². The van der Waals surface area contributed by atoms with Gasteiger partial charge in [-0.15, -0.1) is 0 Å². The summed E-state index contributed by atoms with van der Waals surface area (Å²) in [6, 6.07) is 8.01. The van der Waals surface area contributed by atoms with Crippen LogP contribution in [0.15, 0.2) is 59.7 Å². The molecular formula is C20H20O. The van der Waals surface area contributed by atoms with Crippen LogP contribution in [0.3, 0.4) is 0 Å². The Balaban J connectivity index is 1.90. The summed E-state index contributed by atoms with van der Waals surface area (Å²) in [5, 5.41) is 2.14. The average Bonchev–Trinajstić information content (AvgIpc) is 2.48. The van der Waals surface area contributed by atoms with E-state index in [-0.39, 0.29) is 5.78 Å². The minimum atomic E-state index is 0.108. The lowest BCUT2D eigenvalue weighted by Gasteiger charge is -2.21. The minimum Gasteiger partial charge on any atom is -0.289 e. The standard InChI is InChI=1S/C20H20O/c1-14(2)16-9-7-15(8-10-16)11-19-12-17-5-3-4-6-18(17)13-20(19)21/h3-7,11-13,16H,1,8-10H2,2H3/t16-/m1/s1. The van der Waals surface area contributed by atoms with Crippen LogP contribution in [0.1, 0.15) is 26.2 Å². The number of rotatable bonds is 2. The van der Waals surface area contributed by atoms with Crippen LogP contribution < -0.4 is 10.4 Å². The van der Waals surface area contributed by atoms with Crippen molar-refractivity contribution in [2.45, 2.75) is 26.2 Å². The Labute approximate surface area is 125 Å². The Morgan fingerprint density at radius 2 is 1.95 bits per heavy atom. The second-order valence-electron chi connectivity index (χ2n) is 5.98. The zero-order chi connectivity index (χ0) is 14.8. The van der Waals surface area contributed by atoms with Crippen LogP contribution in [0.4, 0.5) is 0 Å². The SMILES string of the molecule is C=C(C)[C@@H]1CC=C(C=C2C=c3ccccc3=CC2=O)CC1. The first kappa shape index (κ1) is 13.8. The summed E-state index contributed by atoms with van der Waals surface area (Å²) in [5.74, 6) is 0.710. The van der Waals surface area contributed by atoms with Gasteiger partial charge in [0.25, 0.3) is 0 Å². The van der Waals surface area contributed by atoms with Gasteiger partial charge in [0.1, 0.15) is 0 Å². The predicted molar refractivity (Wildman–Crippen MR) is 88.0 cm³/mol. The molecule has 0 amide bonds. The van der Waals surface area contributed by atoms with E-state index < -0.39 is 0 Å². The van der Waals surface area contributed by atoms with E-state index in [0.717, 1.165) is 35.3 Å². The molecule has 0 bridgehead atoms. The van der Waals surface area contributed by atoms with Gasteiger partial charge in [0.15, 0.2) is 5.78 Å². The summed E-state index contributed by atoms with van der Waals surface area (Å²) in [7, 11) is 0. The molecule has 0 aliphatic heterocycles. The molecule has 3 rings (SSSR count). The van der Waals surface area contributed by atoms with E-state index in [4.69, 9.17) is 0 Å². The molecule has 1 aromatic rings. The molecular weight excluding hydrogens is 256 g/mol. The first-order chi connectivity index (χ1) is 10.1. The van der Waals surface area contributed by atoms with Gasteiger partial charge in [-0.2, -0.15) is 0 Å². The number of hydrogen-bond acceptors (Lipinski definition) is 1. The summed E-state index contributed by atoms with van der Waals surface area (Å²) >= 11 is 0. The molecule has 0 saturated carbocycles. The van der Waals surface area contributed by atoms with Crippen LogP contribution in [0, 0.1) is 5.92 Å². The third-order valence-corrected chi connectivity index (χ3v) is 4.36. The van der Waals surface area contributed by atoms with E-state index in [9.17, 15) is 4.79 Å². The second-order valence-corrected chi connectivity index (χ2v) is 5.98. The topological polar surface area (TPSA) is 17.1 Å². The monoisotopic (exact) mass is 276 g/mol. The fourth-order valence-electron chi connectivity index (χ4n) is 2.98. The third kappa shape index (κ3) is 2.97. The van der Waals surface area contributed by atoms with Gasteiger partial charge < -0.3 is 0 Å². The van der Waals surface area contributed by atoms with Crippen LogP contribution in [0.2, 0.25) is 0 Å². The fraction of sp³-hybridized carbons (Fsp3) is 0.250. The Hall–Kier alpha value is -2.15. The van der Waals surface area contributed by atoms with Gasteiger partial charge in [-0.1, -0.05) is 48.1 Å². The number of Topliss-reactive ketones (excluding diaryl/α,β-unsaturated/α-hetero) is 1. The van der Waals surface area contributed by atoms with Crippen LogP contribution in [-0.4, -0.2) is 5.78 Å². The number of hydrogen-bond donors (Lipinski definition) is 0. The maximum atomic E-state index is 12.2. The maximum Gasteiger partial charge on any atom is 0.186 e. The van der Waals surface area contributed by atoms with Crippen LogP contribution >= 0.6 is 0 Å². The average molecular weight is 276 g/mol. The molecule has 0 heterocycles. The number of fused-ring (bicyclic) bond motifs is 1. The van der Waals surface area contributed by atoms with E-state index in [1.165, 1.54) is 11.1 Å². The Morgan fingerprint density at radius 3 is 2.57 bits per heavy atom. The van der Waals surface area contributed by atoms with Crippen LogP contribution in [0.5, 0.6) is 0 Å². The van der Waals surface area contributed by atoms with Gasteiger partial charge in [0, 0.05) is 5.57 Å². The first-order valence-electron chi connectivity index (χ1n) is 7.52. The number of allylic oxidation sites excluding steroid dienone is 5. The molecule has 21 heavy (non-hydrogen) atoms. The van der Waals surface area contributed by atoms with Crippen molar-refractivity contribution in [1.82, 2.24) is 0 Å². The van der Waals surface area contributed by atoms with Gasteiger partial charge in [-0.3, -0.25) is 4.79 Å². The van der Waals surface area contributed by atoms with Gasteiger partial charge in [-0.25, -0.2) is 0 Å². The number of carbonyl (C=O) groups is 1. The van der Waals surface area contributed by atoms with E-state index in [2.05, 4.69) is 31.7 Å². The normalized spacial score (nSPS) is 22.9. The Bertz CT molecular complexity index is 774. The molecule has 0 radical (unpaired) electrons. The van der Waals surface area contributed by atoms with Crippen molar-refractivity contribution in [2.75, 3.05) is 0 Å². The smallest absolute Gasteiger partial charge is 0.186 e. The molecule has 2 aliphatic carbocycles. The number of ketones is 1. The highest BCUT2D eigenvalue weighted by atomic mass is 16.1. The molecule has 1 heteroatoms. The quantitative estimate of drug-likeness (QED) is 0.599. The van der Waals surface area contributed by atoms with Gasteiger partial charge in [0.2, 0.25) is 0 Å². The lowest BCUT2D eigenvalue weighted by atomic mass is 9.84. The van der Waals surface area contributed by atoms with E-state index in [1.54, 1.807) is 6.08 Å². The Kier molecular flexibility index (Phi) is 3.74.